The fourth-order valence-corrected chi connectivity index (χ4v) is 1.70. The van der Waals surface area contributed by atoms with Crippen LogP contribution in [0.3, 0.4) is 0 Å². The predicted molar refractivity (Wildman–Crippen MR) is 60.1 cm³/mol. The van der Waals surface area contributed by atoms with Gasteiger partial charge in [0, 0.05) is 0 Å². The van der Waals surface area contributed by atoms with E-state index in [9.17, 15) is 8.42 Å². The van der Waals surface area contributed by atoms with E-state index >= 15 is 0 Å². The highest BCUT2D eigenvalue weighted by Crippen LogP contribution is 2.18. The first kappa shape index (κ1) is 12.7. The highest BCUT2D eigenvalue weighted by atomic mass is 32.2. The SMILES string of the molecule is CS(=O)(=O)ON=C1C=C(CC#N)CCCC1. The summed E-state index contributed by atoms with van der Waals surface area (Å²) in [6.07, 6.45) is 6.55. The molecular weight excluding hydrogens is 228 g/mol. The number of nitrogens with zero attached hydrogens (tertiary/aromatic N) is 2. The van der Waals surface area contributed by atoms with Crippen LogP contribution in [0.1, 0.15) is 32.1 Å². The van der Waals surface area contributed by atoms with Crippen LogP contribution in [0.2, 0.25) is 0 Å². The van der Waals surface area contributed by atoms with Gasteiger partial charge in [0.05, 0.1) is 24.5 Å². The van der Waals surface area contributed by atoms with E-state index in [1.165, 1.54) is 0 Å². The van der Waals surface area contributed by atoms with Crippen molar-refractivity contribution in [2.45, 2.75) is 32.1 Å². The largest absolute Gasteiger partial charge is 0.325 e. The Bertz CT molecular complexity index is 443. The van der Waals surface area contributed by atoms with E-state index in [1.807, 2.05) is 0 Å². The molecule has 1 aliphatic carbocycles. The number of hydrogen-bond acceptors (Lipinski definition) is 5. The quantitative estimate of drug-likeness (QED) is 0.706. The van der Waals surface area contributed by atoms with Crippen molar-refractivity contribution in [1.29, 1.82) is 5.26 Å². The molecule has 0 radical (unpaired) electrons. The molecule has 0 N–H and O–H groups in total. The lowest BCUT2D eigenvalue weighted by Crippen LogP contribution is -2.01. The van der Waals surface area contributed by atoms with Crippen molar-refractivity contribution < 1.29 is 12.7 Å². The van der Waals surface area contributed by atoms with Gasteiger partial charge in [0.15, 0.2) is 0 Å². The third kappa shape index (κ3) is 4.94. The molecule has 6 heteroatoms. The molecule has 0 saturated heterocycles. The first-order valence-corrected chi connectivity index (χ1v) is 6.85. The van der Waals surface area contributed by atoms with Crippen LogP contribution in [0.5, 0.6) is 0 Å². The molecule has 16 heavy (non-hydrogen) atoms. The average Bonchev–Trinajstić information content (AvgIpc) is 2.40. The van der Waals surface area contributed by atoms with Gasteiger partial charge in [-0.3, -0.25) is 4.28 Å². The van der Waals surface area contributed by atoms with Crippen LogP contribution in [0, 0.1) is 11.3 Å². The van der Waals surface area contributed by atoms with E-state index in [-0.39, 0.29) is 0 Å². The van der Waals surface area contributed by atoms with Crippen molar-refractivity contribution in [3.63, 3.8) is 0 Å². The van der Waals surface area contributed by atoms with E-state index in [0.717, 1.165) is 31.1 Å². The van der Waals surface area contributed by atoms with Crippen molar-refractivity contribution in [3.05, 3.63) is 11.6 Å². The van der Waals surface area contributed by atoms with E-state index < -0.39 is 10.1 Å². The van der Waals surface area contributed by atoms with Crippen molar-refractivity contribution in [2.24, 2.45) is 5.16 Å². The minimum absolute atomic E-state index is 0.359. The molecule has 0 amide bonds. The molecule has 0 saturated carbocycles. The number of allylic oxidation sites excluding steroid dienone is 2. The lowest BCUT2D eigenvalue weighted by Gasteiger charge is -1.98. The predicted octanol–water partition coefficient (Wildman–Crippen LogP) is 1.73. The lowest BCUT2D eigenvalue weighted by molar-refractivity contribution is 0.342. The van der Waals surface area contributed by atoms with Crippen molar-refractivity contribution >= 4 is 15.8 Å². The van der Waals surface area contributed by atoms with Crippen LogP contribution in [0.15, 0.2) is 16.8 Å². The summed E-state index contributed by atoms with van der Waals surface area (Å²) in [6, 6.07) is 2.08. The second kappa shape index (κ2) is 5.66. The highest BCUT2D eigenvalue weighted by molar-refractivity contribution is 7.85. The summed E-state index contributed by atoms with van der Waals surface area (Å²) in [5, 5.41) is 12.2. The Morgan fingerprint density at radius 3 is 2.81 bits per heavy atom. The molecular formula is C10H14N2O3S. The zero-order chi connectivity index (χ0) is 12.0. The zero-order valence-electron chi connectivity index (χ0n) is 9.14. The molecule has 1 rings (SSSR count). The van der Waals surface area contributed by atoms with Crippen LogP contribution in [-0.4, -0.2) is 20.4 Å². The molecule has 88 valence electrons. The van der Waals surface area contributed by atoms with Crippen LogP contribution in [0.25, 0.3) is 0 Å². The smallest absolute Gasteiger partial charge is 0.268 e. The molecule has 0 heterocycles. The fraction of sp³-hybridized carbons (Fsp3) is 0.600. The Kier molecular flexibility index (Phi) is 4.50. The van der Waals surface area contributed by atoms with Crippen molar-refractivity contribution in [3.8, 4) is 6.07 Å². The van der Waals surface area contributed by atoms with Gasteiger partial charge in [-0.25, -0.2) is 0 Å². The van der Waals surface area contributed by atoms with E-state index in [2.05, 4.69) is 15.5 Å². The monoisotopic (exact) mass is 242 g/mol. The van der Waals surface area contributed by atoms with Crippen LogP contribution < -0.4 is 0 Å². The maximum atomic E-state index is 10.8. The number of nitriles is 1. The van der Waals surface area contributed by atoms with Crippen LogP contribution in [0.4, 0.5) is 0 Å². The van der Waals surface area contributed by atoms with Crippen LogP contribution in [-0.2, 0) is 14.4 Å². The first-order valence-electron chi connectivity index (χ1n) is 5.03. The number of hydrogen-bond donors (Lipinski definition) is 0. The summed E-state index contributed by atoms with van der Waals surface area (Å²) in [5.74, 6) is 0. The zero-order valence-corrected chi connectivity index (χ0v) is 9.96. The molecule has 0 fully saturated rings. The summed E-state index contributed by atoms with van der Waals surface area (Å²) in [5.41, 5.74) is 1.57. The topological polar surface area (TPSA) is 79.5 Å². The molecule has 0 unspecified atom stereocenters. The van der Waals surface area contributed by atoms with Gasteiger partial charge in [-0.05, 0) is 31.8 Å². The molecule has 0 bridgehead atoms. The molecule has 0 aromatic rings. The lowest BCUT2D eigenvalue weighted by atomic mass is 10.1. The average molecular weight is 242 g/mol. The third-order valence-electron chi connectivity index (χ3n) is 2.15. The molecule has 0 aromatic heterocycles. The maximum absolute atomic E-state index is 10.8. The van der Waals surface area contributed by atoms with Crippen molar-refractivity contribution in [2.75, 3.05) is 6.26 Å². The van der Waals surface area contributed by atoms with Gasteiger partial charge in [0.1, 0.15) is 0 Å². The highest BCUT2D eigenvalue weighted by Gasteiger charge is 2.09. The van der Waals surface area contributed by atoms with Crippen LogP contribution >= 0.6 is 0 Å². The Balaban J connectivity index is 2.78. The van der Waals surface area contributed by atoms with E-state index in [4.69, 9.17) is 5.26 Å². The summed E-state index contributed by atoms with van der Waals surface area (Å²) in [6.45, 7) is 0. The summed E-state index contributed by atoms with van der Waals surface area (Å²) < 4.78 is 25.9. The molecule has 0 atom stereocenters. The first-order chi connectivity index (χ1) is 7.51. The van der Waals surface area contributed by atoms with Gasteiger partial charge >= 0.3 is 10.1 Å². The Morgan fingerprint density at radius 1 is 1.50 bits per heavy atom. The molecule has 0 aliphatic heterocycles. The normalized spacial score (nSPS) is 19.8. The summed E-state index contributed by atoms with van der Waals surface area (Å²) >= 11 is 0. The van der Waals surface area contributed by atoms with Gasteiger partial charge in [-0.15, -0.1) is 0 Å². The van der Waals surface area contributed by atoms with E-state index in [0.29, 0.717) is 18.6 Å². The van der Waals surface area contributed by atoms with Gasteiger partial charge in [-0.2, -0.15) is 13.7 Å². The molecule has 1 aliphatic rings. The fourth-order valence-electron chi connectivity index (χ4n) is 1.47. The van der Waals surface area contributed by atoms with Crippen molar-refractivity contribution in [1.82, 2.24) is 0 Å². The van der Waals surface area contributed by atoms with E-state index in [1.54, 1.807) is 6.08 Å². The Hall–Kier alpha value is -1.35. The molecule has 0 aromatic carbocycles. The Labute approximate surface area is 95.5 Å². The molecule has 0 spiro atoms. The second-order valence-corrected chi connectivity index (χ2v) is 5.26. The Morgan fingerprint density at radius 2 is 2.19 bits per heavy atom. The standard InChI is InChI=1S/C10H14N2O3S/c1-16(13,14)15-12-10-5-3-2-4-9(8-10)6-7-11/h8H,2-6H2,1H3. The second-order valence-electron chi connectivity index (χ2n) is 3.71. The maximum Gasteiger partial charge on any atom is 0.325 e. The molecule has 5 nitrogen and oxygen atoms in total. The minimum atomic E-state index is -3.55. The van der Waals surface area contributed by atoms with Gasteiger partial charge < -0.3 is 0 Å². The number of rotatable bonds is 3. The van der Waals surface area contributed by atoms with Gasteiger partial charge in [0.25, 0.3) is 0 Å². The van der Waals surface area contributed by atoms with Gasteiger partial charge in [-0.1, -0.05) is 10.7 Å². The summed E-state index contributed by atoms with van der Waals surface area (Å²) in [4.78, 5) is 0. The minimum Gasteiger partial charge on any atom is -0.268 e. The number of oxime groups is 1. The summed E-state index contributed by atoms with van der Waals surface area (Å²) in [7, 11) is -3.55. The van der Waals surface area contributed by atoms with Gasteiger partial charge in [0.2, 0.25) is 0 Å². The third-order valence-corrected chi connectivity index (χ3v) is 2.49.